The summed E-state index contributed by atoms with van der Waals surface area (Å²) >= 11 is 0. The van der Waals surface area contributed by atoms with Crippen LogP contribution in [0.3, 0.4) is 0 Å². The van der Waals surface area contributed by atoms with Crippen LogP contribution in [0, 0.1) is 13.8 Å². The van der Waals surface area contributed by atoms with Crippen molar-refractivity contribution in [2.24, 2.45) is 0 Å². The lowest BCUT2D eigenvalue weighted by molar-refractivity contribution is 0.692. The standard InChI is InChI=1S/C11H17N/c1-4-12-9(3)8(2)10-6-5-7-11(10)12/h4-7H2,1-3H3. The Morgan fingerprint density at radius 2 is 2.00 bits per heavy atom. The largest absolute Gasteiger partial charge is 0.349 e. The SMILES string of the molecule is CCn1c(C)c(C)c2c1CCC2. The third-order valence-electron chi connectivity index (χ3n) is 3.23. The molecule has 0 unspecified atom stereocenters. The minimum atomic E-state index is 1.14. The van der Waals surface area contributed by atoms with E-state index in [0.29, 0.717) is 0 Å². The summed E-state index contributed by atoms with van der Waals surface area (Å²) in [6.07, 6.45) is 3.98. The Hall–Kier alpha value is -0.720. The van der Waals surface area contributed by atoms with Crippen molar-refractivity contribution in [3.8, 4) is 0 Å². The van der Waals surface area contributed by atoms with Gasteiger partial charge in [0.2, 0.25) is 0 Å². The molecule has 0 aliphatic heterocycles. The Morgan fingerprint density at radius 1 is 1.25 bits per heavy atom. The number of hydrogen-bond acceptors (Lipinski definition) is 0. The molecule has 2 rings (SSSR count). The molecule has 1 aliphatic rings. The van der Waals surface area contributed by atoms with Crippen LogP contribution >= 0.6 is 0 Å². The minimum Gasteiger partial charge on any atom is -0.349 e. The number of nitrogens with zero attached hydrogens (tertiary/aromatic N) is 1. The maximum absolute atomic E-state index is 2.48. The minimum absolute atomic E-state index is 1.14. The Morgan fingerprint density at radius 3 is 2.67 bits per heavy atom. The zero-order valence-corrected chi connectivity index (χ0v) is 8.28. The summed E-state index contributed by atoms with van der Waals surface area (Å²) < 4.78 is 2.48. The zero-order chi connectivity index (χ0) is 8.72. The van der Waals surface area contributed by atoms with E-state index in [-0.39, 0.29) is 0 Å². The summed E-state index contributed by atoms with van der Waals surface area (Å²) in [6, 6.07) is 0. The molecular formula is C11H17N. The predicted octanol–water partition coefficient (Wildman–Crippen LogP) is 2.61. The molecule has 66 valence electrons. The molecule has 1 nitrogen and oxygen atoms in total. The van der Waals surface area contributed by atoms with E-state index in [1.165, 1.54) is 25.0 Å². The highest BCUT2D eigenvalue weighted by Gasteiger charge is 2.20. The highest BCUT2D eigenvalue weighted by Crippen LogP contribution is 2.29. The lowest BCUT2D eigenvalue weighted by Crippen LogP contribution is -2.01. The van der Waals surface area contributed by atoms with E-state index < -0.39 is 0 Å². The van der Waals surface area contributed by atoms with Crippen LogP contribution in [0.25, 0.3) is 0 Å². The first-order chi connectivity index (χ1) is 5.75. The first-order valence-electron chi connectivity index (χ1n) is 4.93. The van der Waals surface area contributed by atoms with Gasteiger partial charge in [-0.25, -0.2) is 0 Å². The van der Waals surface area contributed by atoms with E-state index in [0.717, 1.165) is 6.54 Å². The molecule has 0 radical (unpaired) electrons. The second kappa shape index (κ2) is 2.65. The fraction of sp³-hybridized carbons (Fsp3) is 0.636. The van der Waals surface area contributed by atoms with Gasteiger partial charge in [0.05, 0.1) is 0 Å². The molecule has 1 aliphatic carbocycles. The van der Waals surface area contributed by atoms with Crippen LogP contribution < -0.4 is 0 Å². The molecule has 1 heterocycles. The van der Waals surface area contributed by atoms with Gasteiger partial charge in [-0.2, -0.15) is 0 Å². The Labute approximate surface area is 74.4 Å². The number of fused-ring (bicyclic) bond motifs is 1. The smallest absolute Gasteiger partial charge is 0.0212 e. The van der Waals surface area contributed by atoms with Gasteiger partial charge >= 0.3 is 0 Å². The fourth-order valence-electron chi connectivity index (χ4n) is 2.48. The fourth-order valence-corrected chi connectivity index (χ4v) is 2.48. The quantitative estimate of drug-likeness (QED) is 0.599. The molecule has 0 atom stereocenters. The third-order valence-corrected chi connectivity index (χ3v) is 3.23. The second-order valence-corrected chi connectivity index (χ2v) is 3.73. The Kier molecular flexibility index (Phi) is 1.75. The van der Waals surface area contributed by atoms with E-state index in [1.807, 2.05) is 0 Å². The van der Waals surface area contributed by atoms with Gasteiger partial charge in [-0.15, -0.1) is 0 Å². The van der Waals surface area contributed by atoms with Crippen molar-refractivity contribution in [3.05, 3.63) is 22.5 Å². The van der Waals surface area contributed by atoms with E-state index in [2.05, 4.69) is 25.3 Å². The molecule has 0 N–H and O–H groups in total. The first-order valence-corrected chi connectivity index (χ1v) is 4.93. The van der Waals surface area contributed by atoms with Crippen molar-refractivity contribution < 1.29 is 0 Å². The summed E-state index contributed by atoms with van der Waals surface area (Å²) in [5.74, 6) is 0. The van der Waals surface area contributed by atoms with Crippen molar-refractivity contribution in [1.82, 2.24) is 4.57 Å². The summed E-state index contributed by atoms with van der Waals surface area (Å²) in [5, 5.41) is 0. The first kappa shape index (κ1) is 7.90. The predicted molar refractivity (Wildman–Crippen MR) is 51.6 cm³/mol. The van der Waals surface area contributed by atoms with Crippen LogP contribution in [0.1, 0.15) is 35.9 Å². The average molecular weight is 163 g/mol. The van der Waals surface area contributed by atoms with Gasteiger partial charge in [-0.05, 0) is 51.2 Å². The van der Waals surface area contributed by atoms with Gasteiger partial charge < -0.3 is 4.57 Å². The van der Waals surface area contributed by atoms with E-state index in [4.69, 9.17) is 0 Å². The molecule has 0 amide bonds. The van der Waals surface area contributed by atoms with Crippen molar-refractivity contribution in [2.45, 2.75) is 46.6 Å². The number of aromatic nitrogens is 1. The molecule has 0 saturated carbocycles. The molecule has 0 bridgehead atoms. The van der Waals surface area contributed by atoms with Crippen LogP contribution in [0.5, 0.6) is 0 Å². The number of rotatable bonds is 1. The molecule has 0 fully saturated rings. The highest BCUT2D eigenvalue weighted by molar-refractivity contribution is 5.39. The van der Waals surface area contributed by atoms with Crippen molar-refractivity contribution in [3.63, 3.8) is 0 Å². The van der Waals surface area contributed by atoms with Crippen molar-refractivity contribution >= 4 is 0 Å². The highest BCUT2D eigenvalue weighted by atomic mass is 15.0. The van der Waals surface area contributed by atoms with Gasteiger partial charge in [0.15, 0.2) is 0 Å². The van der Waals surface area contributed by atoms with Gasteiger partial charge in [-0.1, -0.05) is 0 Å². The van der Waals surface area contributed by atoms with Crippen LogP contribution in [0.15, 0.2) is 0 Å². The zero-order valence-electron chi connectivity index (χ0n) is 8.28. The summed E-state index contributed by atoms with van der Waals surface area (Å²) in [7, 11) is 0. The normalized spacial score (nSPS) is 15.2. The van der Waals surface area contributed by atoms with Crippen LogP contribution in [0.2, 0.25) is 0 Å². The van der Waals surface area contributed by atoms with Gasteiger partial charge in [0.1, 0.15) is 0 Å². The van der Waals surface area contributed by atoms with Crippen molar-refractivity contribution in [1.29, 1.82) is 0 Å². The van der Waals surface area contributed by atoms with Crippen LogP contribution in [-0.2, 0) is 19.4 Å². The van der Waals surface area contributed by atoms with E-state index in [1.54, 1.807) is 16.8 Å². The van der Waals surface area contributed by atoms with Gasteiger partial charge in [0.25, 0.3) is 0 Å². The Balaban J connectivity index is 2.61. The van der Waals surface area contributed by atoms with E-state index >= 15 is 0 Å². The topological polar surface area (TPSA) is 4.93 Å². The van der Waals surface area contributed by atoms with Gasteiger partial charge in [-0.3, -0.25) is 0 Å². The maximum Gasteiger partial charge on any atom is 0.0212 e. The lowest BCUT2D eigenvalue weighted by atomic mass is 10.1. The molecule has 1 aromatic heterocycles. The van der Waals surface area contributed by atoms with Crippen molar-refractivity contribution in [2.75, 3.05) is 0 Å². The summed E-state index contributed by atoms with van der Waals surface area (Å²) in [4.78, 5) is 0. The Bertz CT molecular complexity index is 304. The monoisotopic (exact) mass is 163 g/mol. The molecular weight excluding hydrogens is 146 g/mol. The molecule has 0 spiro atoms. The third kappa shape index (κ3) is 0.855. The lowest BCUT2D eigenvalue weighted by Gasteiger charge is -2.06. The van der Waals surface area contributed by atoms with E-state index in [9.17, 15) is 0 Å². The second-order valence-electron chi connectivity index (χ2n) is 3.73. The van der Waals surface area contributed by atoms with Gasteiger partial charge in [0, 0.05) is 17.9 Å². The molecule has 1 heteroatoms. The average Bonchev–Trinajstić information content (AvgIpc) is 2.59. The summed E-state index contributed by atoms with van der Waals surface area (Å²) in [6.45, 7) is 7.90. The molecule has 1 aromatic rings. The summed E-state index contributed by atoms with van der Waals surface area (Å²) in [5.41, 5.74) is 6.30. The molecule has 0 aromatic carbocycles. The number of hydrogen-bond donors (Lipinski definition) is 0. The maximum atomic E-state index is 2.48. The van der Waals surface area contributed by atoms with Crippen LogP contribution in [-0.4, -0.2) is 4.57 Å². The molecule has 0 saturated heterocycles. The van der Waals surface area contributed by atoms with Crippen LogP contribution in [0.4, 0.5) is 0 Å². The molecule has 12 heavy (non-hydrogen) atoms.